The standard InChI is InChI=1S/C32H24Cl2N2O4S2/c33-16-7-5-15(6-8-16)14-40-22-4-2-1-3-19(22)23-24-20-13-21(27(24)41-29-28(23)42-32(39)35-29)26-25(20)30(37)36(31(26)38)18-11-9-17(34)10-12-18/h1-12,20-21,23-27H,13-14H2,(H,35,39)/t20-,21-,23+,24+,25+,26+,27-/m1/s1. The van der Waals surface area contributed by atoms with E-state index < -0.39 is 0 Å². The molecule has 0 radical (unpaired) electrons. The Morgan fingerprint density at radius 2 is 1.52 bits per heavy atom. The SMILES string of the molecule is O=C1[C@H]2[C@H]3C[C@@H]([C@@H]2C(=O)N1c1ccc(Cl)cc1)[C@H]1[C@H](c2ccccc2OCc2ccc(Cl)cc2)c2sc(=O)[nH]c2S[C@H]31. The molecule has 0 unspecified atom stereocenters. The van der Waals surface area contributed by atoms with Gasteiger partial charge in [0.25, 0.3) is 0 Å². The first kappa shape index (κ1) is 26.6. The number of anilines is 1. The number of halogens is 2. The number of aromatic nitrogens is 1. The fourth-order valence-corrected chi connectivity index (χ4v) is 11.0. The summed E-state index contributed by atoms with van der Waals surface area (Å²) in [6, 6.07) is 22.5. The highest BCUT2D eigenvalue weighted by atomic mass is 35.5. The molecule has 2 amide bonds. The predicted molar refractivity (Wildman–Crippen MR) is 165 cm³/mol. The van der Waals surface area contributed by atoms with Gasteiger partial charge < -0.3 is 9.72 Å². The van der Waals surface area contributed by atoms with Crippen LogP contribution in [0.2, 0.25) is 10.0 Å². The lowest BCUT2D eigenvalue weighted by Gasteiger charge is -2.43. The van der Waals surface area contributed by atoms with Crippen molar-refractivity contribution in [3.63, 3.8) is 0 Å². The van der Waals surface area contributed by atoms with Crippen molar-refractivity contribution in [3.05, 3.63) is 109 Å². The number of para-hydroxylation sites is 1. The number of hydrogen-bond donors (Lipinski definition) is 1. The van der Waals surface area contributed by atoms with Crippen molar-refractivity contribution in [2.75, 3.05) is 4.90 Å². The molecule has 10 heteroatoms. The van der Waals surface area contributed by atoms with Gasteiger partial charge in [0, 0.05) is 31.7 Å². The van der Waals surface area contributed by atoms with Gasteiger partial charge >= 0.3 is 4.87 Å². The van der Waals surface area contributed by atoms with E-state index in [-0.39, 0.29) is 57.4 Å². The van der Waals surface area contributed by atoms with E-state index in [1.807, 2.05) is 42.5 Å². The molecule has 2 aliphatic heterocycles. The van der Waals surface area contributed by atoms with Gasteiger partial charge in [-0.25, -0.2) is 0 Å². The molecule has 42 heavy (non-hydrogen) atoms. The van der Waals surface area contributed by atoms with Crippen LogP contribution in [0.3, 0.4) is 0 Å². The summed E-state index contributed by atoms with van der Waals surface area (Å²) < 4.78 is 6.40. The van der Waals surface area contributed by atoms with Gasteiger partial charge in [-0.15, -0.1) is 11.8 Å². The molecule has 4 aliphatic rings. The Bertz CT molecular complexity index is 1790. The van der Waals surface area contributed by atoms with Gasteiger partial charge in [0.15, 0.2) is 0 Å². The molecule has 2 saturated carbocycles. The second kappa shape index (κ2) is 10.0. The van der Waals surface area contributed by atoms with Crippen LogP contribution in [0.4, 0.5) is 5.69 Å². The van der Waals surface area contributed by atoms with Gasteiger partial charge in [0.2, 0.25) is 11.8 Å². The van der Waals surface area contributed by atoms with Crippen LogP contribution in [0, 0.1) is 29.6 Å². The lowest BCUT2D eigenvalue weighted by molar-refractivity contribution is -0.123. The van der Waals surface area contributed by atoms with Crippen LogP contribution in [-0.4, -0.2) is 22.0 Å². The Balaban J connectivity index is 1.18. The van der Waals surface area contributed by atoms with Gasteiger partial charge in [-0.2, -0.15) is 0 Å². The number of ether oxygens (including phenoxy) is 1. The van der Waals surface area contributed by atoms with E-state index in [1.54, 1.807) is 36.0 Å². The Morgan fingerprint density at radius 3 is 2.26 bits per heavy atom. The number of carbonyl (C=O) groups is 2. The summed E-state index contributed by atoms with van der Waals surface area (Å²) in [5.41, 5.74) is 2.58. The molecule has 1 aromatic heterocycles. The molecule has 7 atom stereocenters. The topological polar surface area (TPSA) is 79.5 Å². The molecule has 1 saturated heterocycles. The number of carbonyl (C=O) groups excluding carboxylic acids is 2. The third-order valence-corrected chi connectivity index (χ3v) is 12.5. The van der Waals surface area contributed by atoms with Crippen molar-refractivity contribution >= 4 is 63.8 Å². The largest absolute Gasteiger partial charge is 0.489 e. The van der Waals surface area contributed by atoms with E-state index in [0.29, 0.717) is 22.3 Å². The molecule has 4 aromatic rings. The van der Waals surface area contributed by atoms with Crippen molar-refractivity contribution in [3.8, 4) is 5.75 Å². The molecule has 212 valence electrons. The van der Waals surface area contributed by atoms with Crippen LogP contribution in [0.15, 0.2) is 82.6 Å². The number of thioether (sulfide) groups is 1. The molecule has 0 spiro atoms. The van der Waals surface area contributed by atoms with Crippen LogP contribution in [0.25, 0.3) is 0 Å². The zero-order valence-electron chi connectivity index (χ0n) is 22.0. The van der Waals surface area contributed by atoms with Crippen molar-refractivity contribution in [2.24, 2.45) is 29.6 Å². The van der Waals surface area contributed by atoms with E-state index >= 15 is 0 Å². The number of hydrogen-bond acceptors (Lipinski definition) is 6. The number of H-pyrrole nitrogens is 1. The Kier molecular flexibility index (Phi) is 6.34. The first-order chi connectivity index (χ1) is 20.4. The summed E-state index contributed by atoms with van der Waals surface area (Å²) in [5, 5.41) is 2.20. The zero-order valence-corrected chi connectivity index (χ0v) is 25.2. The Hall–Kier alpha value is -3.04. The molecular formula is C32H24Cl2N2O4S2. The highest BCUT2D eigenvalue weighted by molar-refractivity contribution is 8.00. The number of fused-ring (bicyclic) bond motifs is 9. The lowest BCUT2D eigenvalue weighted by atomic mass is 9.68. The third-order valence-electron chi connectivity index (χ3n) is 9.37. The molecular weight excluding hydrogens is 611 g/mol. The maximum Gasteiger partial charge on any atom is 0.305 e. The Labute approximate surface area is 260 Å². The first-order valence-electron chi connectivity index (χ1n) is 13.9. The summed E-state index contributed by atoms with van der Waals surface area (Å²) in [7, 11) is 0. The number of benzene rings is 3. The summed E-state index contributed by atoms with van der Waals surface area (Å²) in [5.74, 6) is -0.184. The highest BCUT2D eigenvalue weighted by Crippen LogP contribution is 2.69. The molecule has 3 fully saturated rings. The lowest BCUT2D eigenvalue weighted by Crippen LogP contribution is -2.42. The minimum absolute atomic E-state index is 0.0194. The van der Waals surface area contributed by atoms with Gasteiger partial charge in [-0.05, 0) is 72.2 Å². The summed E-state index contributed by atoms with van der Waals surface area (Å²) in [4.78, 5) is 45.8. The fourth-order valence-electron chi connectivity index (χ4n) is 7.82. The van der Waals surface area contributed by atoms with Gasteiger partial charge in [0.1, 0.15) is 12.4 Å². The molecule has 3 heterocycles. The smallest absolute Gasteiger partial charge is 0.305 e. The van der Waals surface area contributed by atoms with Crippen LogP contribution >= 0.6 is 46.3 Å². The van der Waals surface area contributed by atoms with Crippen LogP contribution in [0.5, 0.6) is 5.75 Å². The average molecular weight is 636 g/mol. The average Bonchev–Trinajstić information content (AvgIpc) is 3.72. The summed E-state index contributed by atoms with van der Waals surface area (Å²) in [6.45, 7) is 0.375. The Morgan fingerprint density at radius 1 is 0.857 bits per heavy atom. The van der Waals surface area contributed by atoms with E-state index in [0.717, 1.165) is 33.2 Å². The van der Waals surface area contributed by atoms with Crippen molar-refractivity contribution in [1.29, 1.82) is 0 Å². The number of nitrogens with one attached hydrogen (secondary N) is 1. The maximum atomic E-state index is 14.0. The molecule has 8 rings (SSSR count). The van der Waals surface area contributed by atoms with Crippen LogP contribution < -0.4 is 14.5 Å². The minimum Gasteiger partial charge on any atom is -0.489 e. The quantitative estimate of drug-likeness (QED) is 0.239. The van der Waals surface area contributed by atoms with Crippen molar-refractivity contribution < 1.29 is 14.3 Å². The van der Waals surface area contributed by atoms with Crippen molar-refractivity contribution in [1.82, 2.24) is 4.98 Å². The number of thiazole rings is 1. The van der Waals surface area contributed by atoms with E-state index in [9.17, 15) is 14.4 Å². The van der Waals surface area contributed by atoms with Gasteiger partial charge in [-0.3, -0.25) is 19.3 Å². The second-order valence-electron chi connectivity index (χ2n) is 11.4. The fraction of sp³-hybridized carbons (Fsp3) is 0.281. The first-order valence-corrected chi connectivity index (χ1v) is 16.3. The molecule has 1 N–H and O–H groups in total. The maximum absolute atomic E-state index is 14.0. The summed E-state index contributed by atoms with van der Waals surface area (Å²) >= 11 is 15.1. The predicted octanol–water partition coefficient (Wildman–Crippen LogP) is 7.00. The number of nitrogens with zero attached hydrogens (tertiary/aromatic N) is 1. The zero-order chi connectivity index (χ0) is 28.7. The second-order valence-corrected chi connectivity index (χ2v) is 14.5. The number of rotatable bonds is 5. The van der Waals surface area contributed by atoms with Gasteiger partial charge in [0.05, 0.1) is 22.5 Å². The van der Waals surface area contributed by atoms with E-state index in [2.05, 4.69) is 11.1 Å². The van der Waals surface area contributed by atoms with E-state index in [1.165, 1.54) is 16.2 Å². The van der Waals surface area contributed by atoms with E-state index in [4.69, 9.17) is 27.9 Å². The number of imide groups is 1. The molecule has 3 aromatic carbocycles. The molecule has 6 nitrogen and oxygen atoms in total. The van der Waals surface area contributed by atoms with Gasteiger partial charge in [-0.1, -0.05) is 64.9 Å². The summed E-state index contributed by atoms with van der Waals surface area (Å²) in [6.07, 6.45) is 0.826. The third kappa shape index (κ3) is 4.03. The molecule has 2 aliphatic carbocycles. The monoisotopic (exact) mass is 634 g/mol. The van der Waals surface area contributed by atoms with Crippen LogP contribution in [-0.2, 0) is 16.2 Å². The number of aromatic amines is 1. The number of amides is 2. The van der Waals surface area contributed by atoms with Crippen molar-refractivity contribution in [2.45, 2.75) is 29.2 Å². The highest BCUT2D eigenvalue weighted by Gasteiger charge is 2.69. The van der Waals surface area contributed by atoms with Crippen LogP contribution in [0.1, 0.15) is 28.3 Å². The minimum atomic E-state index is -0.373. The normalized spacial score (nSPS) is 29.0. The molecule has 2 bridgehead atoms.